The molecule has 0 radical (unpaired) electrons. The number of hydrogen-bond acceptors (Lipinski definition) is 4. The molecule has 0 bridgehead atoms. The smallest absolute Gasteiger partial charge is 0.255 e. The van der Waals surface area contributed by atoms with Crippen LogP contribution in [-0.2, 0) is 6.54 Å². The molecule has 6 heteroatoms. The molecular formula is C19H24N4O2. The molecule has 2 rings (SSSR count). The average Bonchev–Trinajstić information content (AvgIpc) is 2.61. The Bertz CT molecular complexity index is 716. The lowest BCUT2D eigenvalue weighted by Crippen LogP contribution is -2.32. The number of carbonyl (C=O) groups is 2. The molecule has 0 saturated carbocycles. The second-order valence-corrected chi connectivity index (χ2v) is 6.17. The van der Waals surface area contributed by atoms with Crippen LogP contribution in [0.2, 0.25) is 0 Å². The number of pyridine rings is 1. The van der Waals surface area contributed by atoms with Crippen LogP contribution < -0.4 is 5.32 Å². The number of hydrogen-bond donors (Lipinski definition) is 1. The summed E-state index contributed by atoms with van der Waals surface area (Å²) in [4.78, 5) is 32.4. The minimum absolute atomic E-state index is 0.167. The van der Waals surface area contributed by atoms with Gasteiger partial charge in [0.2, 0.25) is 0 Å². The van der Waals surface area contributed by atoms with Gasteiger partial charge in [-0.1, -0.05) is 30.3 Å². The Balaban J connectivity index is 2.01. The maximum atomic E-state index is 12.6. The highest BCUT2D eigenvalue weighted by Gasteiger charge is 2.15. The van der Waals surface area contributed by atoms with Crippen molar-refractivity contribution in [1.82, 2.24) is 20.1 Å². The van der Waals surface area contributed by atoms with Crippen LogP contribution >= 0.6 is 0 Å². The molecule has 0 aliphatic heterocycles. The van der Waals surface area contributed by atoms with E-state index in [2.05, 4.69) is 10.3 Å². The summed E-state index contributed by atoms with van der Waals surface area (Å²) in [6.45, 7) is 1.79. The van der Waals surface area contributed by atoms with Crippen molar-refractivity contribution in [3.05, 3.63) is 65.5 Å². The van der Waals surface area contributed by atoms with Gasteiger partial charge in [0, 0.05) is 39.1 Å². The van der Waals surface area contributed by atoms with Crippen molar-refractivity contribution >= 4 is 11.8 Å². The predicted molar refractivity (Wildman–Crippen MR) is 97.4 cm³/mol. The number of benzene rings is 1. The van der Waals surface area contributed by atoms with E-state index in [1.165, 1.54) is 12.4 Å². The van der Waals surface area contributed by atoms with Gasteiger partial charge in [-0.05, 0) is 25.7 Å². The topological polar surface area (TPSA) is 65.5 Å². The van der Waals surface area contributed by atoms with Gasteiger partial charge in [-0.25, -0.2) is 0 Å². The molecule has 0 saturated heterocycles. The fourth-order valence-electron chi connectivity index (χ4n) is 2.33. The lowest BCUT2D eigenvalue weighted by molar-refractivity contribution is 0.0784. The zero-order valence-electron chi connectivity index (χ0n) is 14.9. The molecule has 1 heterocycles. The Morgan fingerprint density at radius 1 is 1.04 bits per heavy atom. The van der Waals surface area contributed by atoms with E-state index < -0.39 is 0 Å². The Hall–Kier alpha value is -2.73. The molecule has 1 aromatic heterocycles. The summed E-state index contributed by atoms with van der Waals surface area (Å²) in [6.07, 6.45) is 2.96. The van der Waals surface area contributed by atoms with E-state index in [1.807, 2.05) is 49.3 Å². The van der Waals surface area contributed by atoms with Crippen molar-refractivity contribution in [2.45, 2.75) is 6.54 Å². The molecule has 25 heavy (non-hydrogen) atoms. The van der Waals surface area contributed by atoms with Gasteiger partial charge < -0.3 is 15.1 Å². The largest absolute Gasteiger partial charge is 0.351 e. The van der Waals surface area contributed by atoms with Gasteiger partial charge in [0.1, 0.15) is 0 Å². The number of carbonyl (C=O) groups excluding carboxylic acids is 2. The highest BCUT2D eigenvalue weighted by molar-refractivity contribution is 5.99. The van der Waals surface area contributed by atoms with Crippen molar-refractivity contribution in [3.63, 3.8) is 0 Å². The van der Waals surface area contributed by atoms with Crippen LogP contribution in [0.15, 0.2) is 48.8 Å². The summed E-state index contributed by atoms with van der Waals surface area (Å²) in [5.74, 6) is -0.394. The summed E-state index contributed by atoms with van der Waals surface area (Å²) >= 11 is 0. The van der Waals surface area contributed by atoms with Crippen LogP contribution in [0.25, 0.3) is 0 Å². The molecule has 0 atom stereocenters. The minimum atomic E-state index is -0.227. The van der Waals surface area contributed by atoms with E-state index in [0.29, 0.717) is 24.2 Å². The molecule has 0 aliphatic carbocycles. The zero-order valence-corrected chi connectivity index (χ0v) is 14.9. The number of nitrogens with one attached hydrogen (secondary N) is 1. The van der Waals surface area contributed by atoms with E-state index in [0.717, 1.165) is 12.1 Å². The molecule has 132 valence electrons. The van der Waals surface area contributed by atoms with Crippen molar-refractivity contribution in [3.8, 4) is 0 Å². The maximum Gasteiger partial charge on any atom is 0.255 e. The van der Waals surface area contributed by atoms with Gasteiger partial charge in [0.05, 0.1) is 11.1 Å². The molecule has 0 spiro atoms. The number of nitrogens with zero attached hydrogens (tertiary/aromatic N) is 3. The van der Waals surface area contributed by atoms with E-state index in [4.69, 9.17) is 0 Å². The SMILES string of the molecule is CN(C)CCNC(=O)c1cncc(C(=O)N(C)Cc2ccccc2)c1. The van der Waals surface area contributed by atoms with Crippen LogP contribution in [0, 0.1) is 0 Å². The lowest BCUT2D eigenvalue weighted by Gasteiger charge is -2.17. The Labute approximate surface area is 148 Å². The van der Waals surface area contributed by atoms with Crippen molar-refractivity contribution in [1.29, 1.82) is 0 Å². The van der Waals surface area contributed by atoms with Crippen molar-refractivity contribution in [2.75, 3.05) is 34.2 Å². The quantitative estimate of drug-likeness (QED) is 0.832. The summed E-state index contributed by atoms with van der Waals surface area (Å²) < 4.78 is 0. The maximum absolute atomic E-state index is 12.6. The molecular weight excluding hydrogens is 316 g/mol. The molecule has 0 aliphatic rings. The summed E-state index contributed by atoms with van der Waals surface area (Å²) in [5.41, 5.74) is 1.83. The Morgan fingerprint density at radius 2 is 1.72 bits per heavy atom. The normalized spacial score (nSPS) is 10.6. The molecule has 1 aromatic carbocycles. The average molecular weight is 340 g/mol. The second kappa shape index (κ2) is 8.94. The number of aromatic nitrogens is 1. The third-order valence-corrected chi connectivity index (χ3v) is 3.70. The van der Waals surface area contributed by atoms with Gasteiger partial charge in [0.15, 0.2) is 0 Å². The van der Waals surface area contributed by atoms with E-state index in [9.17, 15) is 9.59 Å². The van der Waals surface area contributed by atoms with E-state index >= 15 is 0 Å². The first-order valence-electron chi connectivity index (χ1n) is 8.14. The standard InChI is InChI=1S/C19H24N4O2/c1-22(2)10-9-21-18(24)16-11-17(13-20-12-16)19(25)23(3)14-15-7-5-4-6-8-15/h4-8,11-13H,9-10,14H2,1-3H3,(H,21,24). The van der Waals surface area contributed by atoms with Crippen molar-refractivity contribution in [2.24, 2.45) is 0 Å². The van der Waals surface area contributed by atoms with Gasteiger partial charge in [-0.2, -0.15) is 0 Å². The summed E-state index contributed by atoms with van der Waals surface area (Å²) in [5, 5.41) is 2.82. The molecule has 2 aromatic rings. The van der Waals surface area contributed by atoms with Gasteiger partial charge in [0.25, 0.3) is 11.8 Å². The number of likely N-dealkylation sites (N-methyl/N-ethyl adjacent to an activating group) is 1. The molecule has 1 N–H and O–H groups in total. The first kappa shape index (κ1) is 18.6. The minimum Gasteiger partial charge on any atom is -0.351 e. The summed E-state index contributed by atoms with van der Waals surface area (Å²) in [7, 11) is 5.62. The van der Waals surface area contributed by atoms with E-state index in [-0.39, 0.29) is 11.8 Å². The van der Waals surface area contributed by atoms with Crippen molar-refractivity contribution < 1.29 is 9.59 Å². The fraction of sp³-hybridized carbons (Fsp3) is 0.316. The van der Waals surface area contributed by atoms with Crippen LogP contribution in [0.3, 0.4) is 0 Å². The molecule has 0 unspecified atom stereocenters. The van der Waals surface area contributed by atoms with E-state index in [1.54, 1.807) is 18.0 Å². The molecule has 0 fully saturated rings. The summed E-state index contributed by atoms with van der Waals surface area (Å²) in [6, 6.07) is 11.3. The van der Waals surface area contributed by atoms with Gasteiger partial charge in [-0.3, -0.25) is 14.6 Å². The van der Waals surface area contributed by atoms with Crippen LogP contribution in [0.4, 0.5) is 0 Å². The number of rotatable bonds is 7. The zero-order chi connectivity index (χ0) is 18.2. The predicted octanol–water partition coefficient (Wildman–Crippen LogP) is 1.65. The third-order valence-electron chi connectivity index (χ3n) is 3.70. The second-order valence-electron chi connectivity index (χ2n) is 6.17. The third kappa shape index (κ3) is 5.69. The van der Waals surface area contributed by atoms with Crippen LogP contribution in [0.1, 0.15) is 26.3 Å². The first-order valence-corrected chi connectivity index (χ1v) is 8.14. The van der Waals surface area contributed by atoms with Gasteiger partial charge in [-0.15, -0.1) is 0 Å². The molecule has 6 nitrogen and oxygen atoms in total. The fourth-order valence-corrected chi connectivity index (χ4v) is 2.33. The highest BCUT2D eigenvalue weighted by Crippen LogP contribution is 2.09. The molecule has 2 amide bonds. The Kier molecular flexibility index (Phi) is 6.65. The number of amides is 2. The highest BCUT2D eigenvalue weighted by atomic mass is 16.2. The van der Waals surface area contributed by atoms with Gasteiger partial charge >= 0.3 is 0 Å². The van der Waals surface area contributed by atoms with Crippen LogP contribution in [-0.4, -0.2) is 60.8 Å². The lowest BCUT2D eigenvalue weighted by atomic mass is 10.1. The van der Waals surface area contributed by atoms with Crippen LogP contribution in [0.5, 0.6) is 0 Å². The Morgan fingerprint density at radius 3 is 2.40 bits per heavy atom. The monoisotopic (exact) mass is 340 g/mol. The first-order chi connectivity index (χ1) is 12.0.